The van der Waals surface area contributed by atoms with Crippen LogP contribution in [-0.2, 0) is 0 Å². The van der Waals surface area contributed by atoms with Gasteiger partial charge in [0.05, 0.1) is 12.7 Å². The second kappa shape index (κ2) is 6.78. The van der Waals surface area contributed by atoms with Gasteiger partial charge < -0.3 is 14.6 Å². The van der Waals surface area contributed by atoms with E-state index in [0.29, 0.717) is 5.92 Å². The normalized spacial score (nSPS) is 21.9. The summed E-state index contributed by atoms with van der Waals surface area (Å²) < 4.78 is 24.9. The monoisotopic (exact) mass is 296 g/mol. The average Bonchev–Trinajstić information content (AvgIpc) is 2.44. The summed E-state index contributed by atoms with van der Waals surface area (Å²) in [5.41, 5.74) is -0.0718. The Morgan fingerprint density at radius 2 is 1.95 bits per heavy atom. The van der Waals surface area contributed by atoms with E-state index in [1.54, 1.807) is 6.92 Å². The van der Waals surface area contributed by atoms with Gasteiger partial charge >= 0.3 is 5.97 Å². The van der Waals surface area contributed by atoms with Crippen LogP contribution in [0.25, 0.3) is 0 Å². The second-order valence-electron chi connectivity index (χ2n) is 5.52. The van der Waals surface area contributed by atoms with Gasteiger partial charge in [0.2, 0.25) is 0 Å². The molecule has 1 saturated carbocycles. The third kappa shape index (κ3) is 3.86. The van der Waals surface area contributed by atoms with Gasteiger partial charge in [-0.3, -0.25) is 0 Å². The molecule has 1 aromatic carbocycles. The molecule has 0 atom stereocenters. The van der Waals surface area contributed by atoms with E-state index in [1.165, 1.54) is 6.07 Å². The summed E-state index contributed by atoms with van der Waals surface area (Å²) >= 11 is 0. The smallest absolute Gasteiger partial charge is 0.339 e. The number of carboxylic acid groups (broad SMARTS) is 1. The molecule has 0 radical (unpaired) electrons. The zero-order chi connectivity index (χ0) is 15.4. The molecule has 1 fully saturated rings. The summed E-state index contributed by atoms with van der Waals surface area (Å²) in [4.78, 5) is 11.2. The molecule has 0 unspecified atom stereocenters. The quantitative estimate of drug-likeness (QED) is 0.896. The third-order valence-corrected chi connectivity index (χ3v) is 3.82. The Morgan fingerprint density at radius 1 is 1.29 bits per heavy atom. The van der Waals surface area contributed by atoms with Crippen LogP contribution in [0.1, 0.15) is 49.9 Å². The minimum Gasteiger partial charge on any atom is -0.493 e. The zero-order valence-electron chi connectivity index (χ0n) is 12.4. The van der Waals surface area contributed by atoms with Gasteiger partial charge in [0.15, 0.2) is 11.6 Å². The van der Waals surface area contributed by atoms with Gasteiger partial charge in [-0.1, -0.05) is 6.92 Å². The van der Waals surface area contributed by atoms with Crippen molar-refractivity contribution in [3.05, 3.63) is 23.5 Å². The van der Waals surface area contributed by atoms with E-state index in [2.05, 4.69) is 6.92 Å². The van der Waals surface area contributed by atoms with Crippen molar-refractivity contribution in [3.8, 4) is 11.5 Å². The lowest BCUT2D eigenvalue weighted by Gasteiger charge is -2.27. The average molecular weight is 296 g/mol. The largest absolute Gasteiger partial charge is 0.493 e. The van der Waals surface area contributed by atoms with Crippen LogP contribution >= 0.6 is 0 Å². The van der Waals surface area contributed by atoms with Crippen LogP contribution in [0.5, 0.6) is 11.5 Å². The minimum atomic E-state index is -1.15. The van der Waals surface area contributed by atoms with Crippen LogP contribution in [0.3, 0.4) is 0 Å². The third-order valence-electron chi connectivity index (χ3n) is 3.82. The first-order valence-electron chi connectivity index (χ1n) is 7.37. The molecule has 0 amide bonds. The summed E-state index contributed by atoms with van der Waals surface area (Å²) in [6.45, 7) is 4.19. The maximum atomic E-state index is 14.1. The van der Waals surface area contributed by atoms with E-state index >= 15 is 0 Å². The molecule has 0 heterocycles. The van der Waals surface area contributed by atoms with Crippen LogP contribution < -0.4 is 9.47 Å². The highest BCUT2D eigenvalue weighted by Crippen LogP contribution is 2.32. The van der Waals surface area contributed by atoms with E-state index < -0.39 is 11.8 Å². The molecule has 0 aromatic heterocycles. The number of hydrogen-bond donors (Lipinski definition) is 1. The van der Waals surface area contributed by atoms with Gasteiger partial charge in [0.25, 0.3) is 0 Å². The Kier molecular flexibility index (Phi) is 5.04. The molecule has 21 heavy (non-hydrogen) atoms. The van der Waals surface area contributed by atoms with Crippen LogP contribution in [0.2, 0.25) is 0 Å². The van der Waals surface area contributed by atoms with Crippen LogP contribution in [-0.4, -0.2) is 23.8 Å². The first-order chi connectivity index (χ1) is 10.0. The van der Waals surface area contributed by atoms with Crippen molar-refractivity contribution in [1.29, 1.82) is 0 Å². The Hall–Kier alpha value is -1.78. The van der Waals surface area contributed by atoms with Crippen LogP contribution in [0, 0.1) is 11.7 Å². The van der Waals surface area contributed by atoms with E-state index in [-0.39, 0.29) is 29.8 Å². The lowest BCUT2D eigenvalue weighted by Crippen LogP contribution is -2.23. The lowest BCUT2D eigenvalue weighted by atomic mass is 9.89. The number of ether oxygens (including phenoxy) is 2. The Morgan fingerprint density at radius 3 is 2.52 bits per heavy atom. The second-order valence-corrected chi connectivity index (χ2v) is 5.52. The molecule has 1 aromatic rings. The summed E-state index contributed by atoms with van der Waals surface area (Å²) in [5.74, 6) is -1.03. The topological polar surface area (TPSA) is 55.8 Å². The Balaban J connectivity index is 2.19. The maximum absolute atomic E-state index is 14.1. The fraction of sp³-hybridized carbons (Fsp3) is 0.562. The maximum Gasteiger partial charge on any atom is 0.339 e. The highest BCUT2D eigenvalue weighted by molar-refractivity contribution is 5.91. The molecule has 1 aliphatic carbocycles. The summed E-state index contributed by atoms with van der Waals surface area (Å²) in [6.07, 6.45) is 3.80. The van der Waals surface area contributed by atoms with Crippen molar-refractivity contribution >= 4 is 5.97 Å². The van der Waals surface area contributed by atoms with Crippen molar-refractivity contribution in [2.75, 3.05) is 6.61 Å². The van der Waals surface area contributed by atoms with Crippen molar-refractivity contribution in [1.82, 2.24) is 0 Å². The van der Waals surface area contributed by atoms with Gasteiger partial charge in [-0.2, -0.15) is 0 Å². The summed E-state index contributed by atoms with van der Waals surface area (Å²) in [5, 5.41) is 9.19. The van der Waals surface area contributed by atoms with Gasteiger partial charge in [-0.15, -0.1) is 0 Å². The van der Waals surface area contributed by atoms with Crippen molar-refractivity contribution in [3.63, 3.8) is 0 Å². The molecule has 0 spiro atoms. The number of hydrogen-bond acceptors (Lipinski definition) is 3. The summed E-state index contributed by atoms with van der Waals surface area (Å²) in [6, 6.07) is 2.31. The Bertz CT molecular complexity index is 507. The molecule has 2 rings (SSSR count). The van der Waals surface area contributed by atoms with Gasteiger partial charge in [-0.05, 0) is 38.5 Å². The predicted octanol–water partition coefficient (Wildman–Crippen LogP) is 3.88. The van der Waals surface area contributed by atoms with Crippen molar-refractivity contribution in [2.45, 2.75) is 45.6 Å². The fourth-order valence-corrected chi connectivity index (χ4v) is 2.59. The molecule has 116 valence electrons. The van der Waals surface area contributed by atoms with Gasteiger partial charge in [-0.25, -0.2) is 9.18 Å². The zero-order valence-corrected chi connectivity index (χ0v) is 12.4. The minimum absolute atomic E-state index is 0.00425. The first kappa shape index (κ1) is 15.6. The van der Waals surface area contributed by atoms with Crippen LogP contribution in [0.4, 0.5) is 4.39 Å². The molecular formula is C16H21FO4. The fourth-order valence-electron chi connectivity index (χ4n) is 2.59. The highest BCUT2D eigenvalue weighted by Gasteiger charge is 2.23. The molecule has 5 heteroatoms. The first-order valence-corrected chi connectivity index (χ1v) is 7.37. The number of aromatic carboxylic acids is 1. The molecule has 0 bridgehead atoms. The van der Waals surface area contributed by atoms with Gasteiger partial charge in [0.1, 0.15) is 11.3 Å². The van der Waals surface area contributed by atoms with Crippen LogP contribution in [0.15, 0.2) is 12.1 Å². The number of carbonyl (C=O) groups is 1. The molecule has 4 nitrogen and oxygen atoms in total. The molecule has 1 aliphatic rings. The molecule has 0 saturated heterocycles. The van der Waals surface area contributed by atoms with Crippen molar-refractivity contribution < 1.29 is 23.8 Å². The molecule has 0 aliphatic heterocycles. The SMILES string of the molecule is CCOc1cc(F)c(OC2CCC(C)CC2)cc1C(=O)O. The predicted molar refractivity (Wildman–Crippen MR) is 76.6 cm³/mol. The molecular weight excluding hydrogens is 275 g/mol. The van der Waals surface area contributed by atoms with E-state index in [9.17, 15) is 14.3 Å². The highest BCUT2D eigenvalue weighted by atomic mass is 19.1. The number of benzene rings is 1. The lowest BCUT2D eigenvalue weighted by molar-refractivity contribution is 0.0690. The standard InChI is InChI=1S/C16H21FO4/c1-3-20-14-9-13(17)15(8-12(14)16(18)19)21-11-6-4-10(2)5-7-11/h8-11H,3-7H2,1-2H3,(H,18,19). The number of halogens is 1. The summed E-state index contributed by atoms with van der Waals surface area (Å²) in [7, 11) is 0. The number of rotatable bonds is 5. The molecule has 1 N–H and O–H groups in total. The van der Waals surface area contributed by atoms with Crippen molar-refractivity contribution in [2.24, 2.45) is 5.92 Å². The van der Waals surface area contributed by atoms with E-state index in [1.807, 2.05) is 0 Å². The van der Waals surface area contributed by atoms with E-state index in [4.69, 9.17) is 9.47 Å². The van der Waals surface area contributed by atoms with Gasteiger partial charge in [0, 0.05) is 12.1 Å². The van der Waals surface area contributed by atoms with E-state index in [0.717, 1.165) is 31.7 Å². The Labute approximate surface area is 123 Å². The number of carboxylic acids is 1.